The molecule has 0 radical (unpaired) electrons. The van der Waals surface area contributed by atoms with Crippen LogP contribution in [-0.2, 0) is 0 Å². The number of nitriles is 2. The fourth-order valence-electron chi connectivity index (χ4n) is 1.65. The van der Waals surface area contributed by atoms with E-state index in [2.05, 4.69) is 22.7 Å². The van der Waals surface area contributed by atoms with Crippen molar-refractivity contribution in [2.24, 2.45) is 11.0 Å². The van der Waals surface area contributed by atoms with Crippen molar-refractivity contribution in [3.63, 3.8) is 0 Å². The van der Waals surface area contributed by atoms with Crippen molar-refractivity contribution >= 4 is 5.71 Å². The molecule has 0 bridgehead atoms. The highest BCUT2D eigenvalue weighted by atomic mass is 15.3. The Labute approximate surface area is 96.9 Å². The normalized spacial score (nSPS) is 26.5. The van der Waals surface area contributed by atoms with Crippen LogP contribution in [0.4, 0.5) is 0 Å². The SMILES string of the molecule is CCC(C)(C#N)NN=C1CCCCC1C#N. The summed E-state index contributed by atoms with van der Waals surface area (Å²) in [6, 6.07) is 4.47. The first kappa shape index (κ1) is 12.5. The number of nitrogens with zero attached hydrogens (tertiary/aromatic N) is 3. The molecule has 86 valence electrons. The van der Waals surface area contributed by atoms with E-state index in [1.807, 2.05) is 13.8 Å². The summed E-state index contributed by atoms with van der Waals surface area (Å²) in [5, 5.41) is 22.2. The summed E-state index contributed by atoms with van der Waals surface area (Å²) < 4.78 is 0. The first-order chi connectivity index (χ1) is 7.65. The third-order valence-corrected chi connectivity index (χ3v) is 3.13. The van der Waals surface area contributed by atoms with Gasteiger partial charge in [-0.15, -0.1) is 0 Å². The van der Waals surface area contributed by atoms with Crippen LogP contribution in [0.15, 0.2) is 5.10 Å². The number of hydrazone groups is 1. The van der Waals surface area contributed by atoms with E-state index in [0.29, 0.717) is 6.42 Å². The Morgan fingerprint density at radius 1 is 1.50 bits per heavy atom. The first-order valence-corrected chi connectivity index (χ1v) is 5.79. The molecule has 0 aromatic rings. The minimum atomic E-state index is -0.621. The summed E-state index contributed by atoms with van der Waals surface area (Å²) in [5.74, 6) is -0.0685. The van der Waals surface area contributed by atoms with E-state index >= 15 is 0 Å². The van der Waals surface area contributed by atoms with Crippen LogP contribution < -0.4 is 5.43 Å². The lowest BCUT2D eigenvalue weighted by Crippen LogP contribution is -2.38. The number of rotatable bonds is 3. The van der Waals surface area contributed by atoms with E-state index in [1.165, 1.54) is 0 Å². The van der Waals surface area contributed by atoms with E-state index in [1.54, 1.807) is 0 Å². The summed E-state index contributed by atoms with van der Waals surface area (Å²) in [7, 11) is 0. The van der Waals surface area contributed by atoms with Gasteiger partial charge in [0.15, 0.2) is 0 Å². The highest BCUT2D eigenvalue weighted by Crippen LogP contribution is 2.21. The second-order valence-corrected chi connectivity index (χ2v) is 4.44. The molecule has 1 aliphatic rings. The Hall–Kier alpha value is -1.55. The summed E-state index contributed by atoms with van der Waals surface area (Å²) >= 11 is 0. The van der Waals surface area contributed by atoms with Crippen LogP contribution in [0, 0.1) is 28.6 Å². The summed E-state index contributed by atoms with van der Waals surface area (Å²) in [5.41, 5.74) is 3.19. The Bertz CT molecular complexity index is 347. The van der Waals surface area contributed by atoms with Gasteiger partial charge in [0.05, 0.1) is 23.8 Å². The molecule has 0 saturated heterocycles. The molecule has 1 rings (SSSR count). The van der Waals surface area contributed by atoms with Crippen LogP contribution in [0.1, 0.15) is 46.0 Å². The maximum absolute atomic E-state index is 8.99. The van der Waals surface area contributed by atoms with Crippen molar-refractivity contribution in [1.82, 2.24) is 5.43 Å². The summed E-state index contributed by atoms with van der Waals surface area (Å²) in [6.07, 6.45) is 4.65. The minimum Gasteiger partial charge on any atom is -0.290 e. The van der Waals surface area contributed by atoms with Gasteiger partial charge in [-0.3, -0.25) is 5.43 Å². The van der Waals surface area contributed by atoms with Crippen molar-refractivity contribution in [3.8, 4) is 12.1 Å². The molecular formula is C12H18N4. The van der Waals surface area contributed by atoms with Gasteiger partial charge in [0, 0.05) is 0 Å². The largest absolute Gasteiger partial charge is 0.290 e. The third kappa shape index (κ3) is 2.97. The molecule has 0 amide bonds. The van der Waals surface area contributed by atoms with Gasteiger partial charge in [0.25, 0.3) is 0 Å². The van der Waals surface area contributed by atoms with Gasteiger partial charge in [-0.25, -0.2) is 0 Å². The van der Waals surface area contributed by atoms with Crippen LogP contribution in [0.5, 0.6) is 0 Å². The first-order valence-electron chi connectivity index (χ1n) is 5.79. The monoisotopic (exact) mass is 218 g/mol. The molecule has 0 aromatic heterocycles. The second-order valence-electron chi connectivity index (χ2n) is 4.44. The zero-order chi connectivity index (χ0) is 12.0. The molecule has 4 heteroatoms. The van der Waals surface area contributed by atoms with Crippen LogP contribution in [0.3, 0.4) is 0 Å². The predicted octanol–water partition coefficient (Wildman–Crippen LogP) is 2.34. The molecule has 0 aliphatic heterocycles. The van der Waals surface area contributed by atoms with Gasteiger partial charge in [-0.2, -0.15) is 15.6 Å². The molecule has 2 atom stereocenters. The van der Waals surface area contributed by atoms with Crippen LogP contribution in [0.2, 0.25) is 0 Å². The lowest BCUT2D eigenvalue weighted by atomic mass is 9.88. The number of nitrogens with one attached hydrogen (secondary N) is 1. The van der Waals surface area contributed by atoms with Gasteiger partial charge in [-0.05, 0) is 32.6 Å². The van der Waals surface area contributed by atoms with Gasteiger partial charge in [-0.1, -0.05) is 13.3 Å². The Morgan fingerprint density at radius 3 is 2.81 bits per heavy atom. The molecule has 16 heavy (non-hydrogen) atoms. The highest BCUT2D eigenvalue weighted by molar-refractivity contribution is 5.89. The average molecular weight is 218 g/mol. The van der Waals surface area contributed by atoms with Crippen molar-refractivity contribution in [2.45, 2.75) is 51.5 Å². The minimum absolute atomic E-state index is 0.0685. The Kier molecular flexibility index (Phi) is 4.31. The van der Waals surface area contributed by atoms with Crippen LogP contribution >= 0.6 is 0 Å². The molecule has 1 fully saturated rings. The number of hydrogen-bond acceptors (Lipinski definition) is 4. The van der Waals surface area contributed by atoms with Gasteiger partial charge in [0.1, 0.15) is 5.54 Å². The molecule has 4 nitrogen and oxygen atoms in total. The molecule has 0 spiro atoms. The maximum atomic E-state index is 8.99. The lowest BCUT2D eigenvalue weighted by molar-refractivity contribution is 0.443. The van der Waals surface area contributed by atoms with E-state index in [0.717, 1.165) is 31.4 Å². The third-order valence-electron chi connectivity index (χ3n) is 3.13. The van der Waals surface area contributed by atoms with Gasteiger partial charge >= 0.3 is 0 Å². The molecule has 1 N–H and O–H groups in total. The second kappa shape index (κ2) is 5.51. The van der Waals surface area contributed by atoms with Crippen molar-refractivity contribution in [2.75, 3.05) is 0 Å². The fourth-order valence-corrected chi connectivity index (χ4v) is 1.65. The Morgan fingerprint density at radius 2 is 2.25 bits per heavy atom. The zero-order valence-electron chi connectivity index (χ0n) is 9.95. The van der Waals surface area contributed by atoms with E-state index in [9.17, 15) is 0 Å². The molecular weight excluding hydrogens is 200 g/mol. The van der Waals surface area contributed by atoms with Crippen LogP contribution in [0.25, 0.3) is 0 Å². The van der Waals surface area contributed by atoms with Gasteiger partial charge in [0.2, 0.25) is 0 Å². The van der Waals surface area contributed by atoms with Crippen molar-refractivity contribution in [1.29, 1.82) is 10.5 Å². The summed E-state index contributed by atoms with van der Waals surface area (Å²) in [4.78, 5) is 0. The highest BCUT2D eigenvalue weighted by Gasteiger charge is 2.23. The fraction of sp³-hybridized carbons (Fsp3) is 0.750. The zero-order valence-corrected chi connectivity index (χ0v) is 9.95. The van der Waals surface area contributed by atoms with Crippen molar-refractivity contribution < 1.29 is 0 Å². The van der Waals surface area contributed by atoms with Gasteiger partial charge < -0.3 is 0 Å². The smallest absolute Gasteiger partial charge is 0.137 e. The van der Waals surface area contributed by atoms with E-state index in [4.69, 9.17) is 10.5 Å². The maximum Gasteiger partial charge on any atom is 0.137 e. The molecule has 1 saturated carbocycles. The Balaban J connectivity index is 2.69. The summed E-state index contributed by atoms with van der Waals surface area (Å²) in [6.45, 7) is 3.76. The van der Waals surface area contributed by atoms with E-state index < -0.39 is 5.54 Å². The number of hydrogen-bond donors (Lipinski definition) is 1. The standard InChI is InChI=1S/C12H18N4/c1-3-12(2,9-14)16-15-11-7-5-4-6-10(11)8-13/h10,16H,3-7H2,1-2H3. The molecule has 1 aliphatic carbocycles. The predicted molar refractivity (Wildman–Crippen MR) is 62.5 cm³/mol. The molecule has 2 unspecified atom stereocenters. The van der Waals surface area contributed by atoms with Crippen LogP contribution in [-0.4, -0.2) is 11.3 Å². The van der Waals surface area contributed by atoms with E-state index in [-0.39, 0.29) is 5.92 Å². The van der Waals surface area contributed by atoms with Crippen molar-refractivity contribution in [3.05, 3.63) is 0 Å². The molecule has 0 heterocycles. The topological polar surface area (TPSA) is 72.0 Å². The average Bonchev–Trinajstić information content (AvgIpc) is 2.36. The quantitative estimate of drug-likeness (QED) is 0.739. The lowest BCUT2D eigenvalue weighted by Gasteiger charge is -2.23. The molecule has 0 aromatic carbocycles.